The van der Waals surface area contributed by atoms with Gasteiger partial charge in [0.2, 0.25) is 11.8 Å². The highest BCUT2D eigenvalue weighted by molar-refractivity contribution is 7.99. The lowest BCUT2D eigenvalue weighted by molar-refractivity contribution is -0.140. The molecule has 2 aromatic carbocycles. The molecule has 0 aliphatic carbocycles. The molecule has 180 valence electrons. The second-order valence-corrected chi connectivity index (χ2v) is 9.79. The minimum atomic E-state index is -0.802. The Labute approximate surface area is 201 Å². The summed E-state index contributed by atoms with van der Waals surface area (Å²) in [6.07, 6.45) is 2.35. The predicted molar refractivity (Wildman–Crippen MR) is 136 cm³/mol. The van der Waals surface area contributed by atoms with E-state index in [-0.39, 0.29) is 11.7 Å². The number of hydrogen-bond acceptors (Lipinski definition) is 5. The number of aryl methyl sites for hydroxylation is 3. The minimum Gasteiger partial charge on any atom is -0.508 e. The Morgan fingerprint density at radius 2 is 1.76 bits per heavy atom. The van der Waals surface area contributed by atoms with E-state index in [0.29, 0.717) is 25.8 Å². The van der Waals surface area contributed by atoms with Crippen LogP contribution in [0.25, 0.3) is 0 Å². The lowest BCUT2D eigenvalue weighted by atomic mass is 9.95. The molecule has 0 unspecified atom stereocenters. The van der Waals surface area contributed by atoms with Crippen molar-refractivity contribution < 1.29 is 14.7 Å². The summed E-state index contributed by atoms with van der Waals surface area (Å²) in [7, 11) is 0. The number of nitrogens with two attached hydrogens (primary N) is 2. The topological polar surface area (TPSA) is 110 Å². The lowest BCUT2D eigenvalue weighted by Gasteiger charge is -2.32. The molecule has 5 N–H and O–H groups in total. The molecular weight excluding hydrogens is 434 g/mol. The third-order valence-corrected chi connectivity index (χ3v) is 6.79. The highest BCUT2D eigenvalue weighted by Gasteiger charge is 2.31. The van der Waals surface area contributed by atoms with E-state index in [9.17, 15) is 14.7 Å². The first kappa shape index (κ1) is 26.7. The highest BCUT2D eigenvalue weighted by atomic mass is 32.2. The van der Waals surface area contributed by atoms with E-state index in [1.54, 1.807) is 28.8 Å². The van der Waals surface area contributed by atoms with Crippen molar-refractivity contribution in [2.75, 3.05) is 18.1 Å². The molecule has 0 heterocycles. The molecule has 7 heteroatoms. The van der Waals surface area contributed by atoms with E-state index in [1.165, 1.54) is 5.56 Å². The number of rotatable bonds is 13. The fourth-order valence-corrected chi connectivity index (χ4v) is 4.80. The Balaban J connectivity index is 2.20. The number of phenols is 1. The van der Waals surface area contributed by atoms with E-state index in [4.69, 9.17) is 11.5 Å². The summed E-state index contributed by atoms with van der Waals surface area (Å²) in [5.41, 5.74) is 16.0. The number of benzene rings is 2. The molecule has 2 rings (SSSR count). The van der Waals surface area contributed by atoms with Crippen LogP contribution in [0.3, 0.4) is 0 Å². The van der Waals surface area contributed by atoms with Crippen LogP contribution >= 0.6 is 11.8 Å². The Morgan fingerprint density at radius 3 is 2.33 bits per heavy atom. The second kappa shape index (κ2) is 13.3. The van der Waals surface area contributed by atoms with Gasteiger partial charge in [-0.2, -0.15) is 11.8 Å². The van der Waals surface area contributed by atoms with Gasteiger partial charge in [-0.05, 0) is 85.4 Å². The summed E-state index contributed by atoms with van der Waals surface area (Å²) in [6, 6.07) is 11.9. The molecule has 0 aliphatic rings. The average Bonchev–Trinajstić information content (AvgIpc) is 2.77. The predicted octanol–water partition coefficient (Wildman–Crippen LogP) is 3.34. The maximum Gasteiger partial charge on any atom is 0.240 e. The summed E-state index contributed by atoms with van der Waals surface area (Å²) in [4.78, 5) is 27.4. The van der Waals surface area contributed by atoms with E-state index in [1.807, 2.05) is 32.0 Å². The van der Waals surface area contributed by atoms with Crippen LogP contribution in [-0.4, -0.2) is 52.0 Å². The Kier molecular flexibility index (Phi) is 10.7. The smallest absolute Gasteiger partial charge is 0.240 e. The van der Waals surface area contributed by atoms with Crippen LogP contribution in [-0.2, 0) is 22.4 Å². The first-order valence-electron chi connectivity index (χ1n) is 11.5. The van der Waals surface area contributed by atoms with Crippen molar-refractivity contribution in [3.63, 3.8) is 0 Å². The van der Waals surface area contributed by atoms with Gasteiger partial charge in [0.15, 0.2) is 0 Å². The normalized spacial score (nSPS) is 12.8. The Hall–Kier alpha value is -2.51. The van der Waals surface area contributed by atoms with E-state index in [2.05, 4.69) is 19.1 Å². The van der Waals surface area contributed by atoms with Crippen LogP contribution in [0, 0.1) is 13.8 Å². The van der Waals surface area contributed by atoms with Crippen molar-refractivity contribution >= 4 is 23.6 Å². The quantitative estimate of drug-likeness (QED) is 0.388. The van der Waals surface area contributed by atoms with Crippen molar-refractivity contribution in [3.8, 4) is 5.75 Å². The van der Waals surface area contributed by atoms with Crippen molar-refractivity contribution in [1.29, 1.82) is 0 Å². The number of carbonyl (C=O) groups excluding carboxylic acids is 2. The van der Waals surface area contributed by atoms with Gasteiger partial charge in [0, 0.05) is 6.54 Å². The van der Waals surface area contributed by atoms with Crippen LogP contribution < -0.4 is 11.5 Å². The van der Waals surface area contributed by atoms with Gasteiger partial charge in [0.1, 0.15) is 11.8 Å². The molecule has 6 nitrogen and oxygen atoms in total. The second-order valence-electron chi connectivity index (χ2n) is 8.39. The molecule has 0 bridgehead atoms. The maximum atomic E-state index is 13.5. The largest absolute Gasteiger partial charge is 0.508 e. The first-order chi connectivity index (χ1) is 15.7. The summed E-state index contributed by atoms with van der Waals surface area (Å²) in [6.45, 7) is 6.26. The molecule has 0 fully saturated rings. The first-order valence-corrected chi connectivity index (χ1v) is 12.7. The molecule has 0 spiro atoms. The minimum absolute atomic E-state index is 0.193. The van der Waals surface area contributed by atoms with Crippen LogP contribution in [0.5, 0.6) is 5.75 Å². The number of aromatic hydroxyl groups is 1. The Bertz CT molecular complexity index is 897. The molecule has 33 heavy (non-hydrogen) atoms. The third-order valence-electron chi connectivity index (χ3n) is 5.86. The summed E-state index contributed by atoms with van der Waals surface area (Å²) < 4.78 is 0. The van der Waals surface area contributed by atoms with Gasteiger partial charge in [0.25, 0.3) is 0 Å². The zero-order valence-corrected chi connectivity index (χ0v) is 20.7. The van der Waals surface area contributed by atoms with Gasteiger partial charge in [-0.1, -0.05) is 37.3 Å². The van der Waals surface area contributed by atoms with Gasteiger partial charge >= 0.3 is 0 Å². The van der Waals surface area contributed by atoms with Crippen molar-refractivity contribution in [1.82, 2.24) is 4.90 Å². The van der Waals surface area contributed by atoms with Gasteiger partial charge < -0.3 is 21.5 Å². The van der Waals surface area contributed by atoms with E-state index < -0.39 is 18.0 Å². The third kappa shape index (κ3) is 8.09. The van der Waals surface area contributed by atoms with Crippen LogP contribution in [0.2, 0.25) is 0 Å². The molecule has 2 aromatic rings. The molecule has 0 aliphatic heterocycles. The van der Waals surface area contributed by atoms with Gasteiger partial charge in [-0.3, -0.25) is 9.59 Å². The van der Waals surface area contributed by atoms with Gasteiger partial charge in [-0.15, -0.1) is 0 Å². The van der Waals surface area contributed by atoms with E-state index >= 15 is 0 Å². The zero-order chi connectivity index (χ0) is 24.4. The van der Waals surface area contributed by atoms with Gasteiger partial charge in [-0.25, -0.2) is 0 Å². The van der Waals surface area contributed by atoms with E-state index in [0.717, 1.165) is 34.6 Å². The SMILES string of the molecule is CCSCC[C@H](C(N)=O)N(CCCc1ccccc1)C(=O)[C@@H](N)Cc1c(C)cc(O)cc1C. The number of amides is 2. The number of hydrogen-bond donors (Lipinski definition) is 3. The van der Waals surface area contributed by atoms with Crippen molar-refractivity contribution in [3.05, 3.63) is 64.7 Å². The van der Waals surface area contributed by atoms with Crippen molar-refractivity contribution in [2.24, 2.45) is 11.5 Å². The molecular formula is C26H37N3O3S. The molecule has 0 radical (unpaired) electrons. The summed E-state index contributed by atoms with van der Waals surface area (Å²) >= 11 is 1.72. The number of carbonyl (C=O) groups is 2. The molecule has 0 saturated heterocycles. The van der Waals surface area contributed by atoms with Gasteiger partial charge in [0.05, 0.1) is 6.04 Å². The summed E-state index contributed by atoms with van der Waals surface area (Å²) in [5, 5.41) is 9.82. The number of phenolic OH excluding ortho intramolecular Hbond substituents is 1. The molecule has 2 amide bonds. The maximum absolute atomic E-state index is 13.5. The monoisotopic (exact) mass is 471 g/mol. The average molecular weight is 472 g/mol. The fourth-order valence-electron chi connectivity index (χ4n) is 4.12. The number of thioether (sulfide) groups is 1. The van der Waals surface area contributed by atoms with Crippen LogP contribution in [0.1, 0.15) is 42.0 Å². The number of nitrogens with zero attached hydrogens (tertiary/aromatic N) is 1. The summed E-state index contributed by atoms with van der Waals surface area (Å²) in [5.74, 6) is 1.12. The standard InChI is InChI=1S/C26H37N3O3S/c1-4-33-14-12-24(25(28)31)29(13-8-11-20-9-6-5-7-10-20)26(32)23(27)17-22-18(2)15-21(30)16-19(22)3/h5-7,9-10,15-16,23-24,30H,4,8,11-14,17,27H2,1-3H3,(H2,28,31)/t23-,24+/m0/s1. The molecule has 2 atom stereocenters. The van der Waals surface area contributed by atoms with Crippen LogP contribution in [0.15, 0.2) is 42.5 Å². The van der Waals surface area contributed by atoms with Crippen molar-refractivity contribution in [2.45, 2.75) is 58.5 Å². The Morgan fingerprint density at radius 1 is 1.12 bits per heavy atom. The molecule has 0 saturated carbocycles. The number of primary amides is 1. The van der Waals surface area contributed by atoms with Crippen LogP contribution in [0.4, 0.5) is 0 Å². The lowest BCUT2D eigenvalue weighted by Crippen LogP contribution is -2.54. The fraction of sp³-hybridized carbons (Fsp3) is 0.462. The highest BCUT2D eigenvalue weighted by Crippen LogP contribution is 2.23. The zero-order valence-electron chi connectivity index (χ0n) is 19.9. The molecule has 0 aromatic heterocycles.